The summed E-state index contributed by atoms with van der Waals surface area (Å²) >= 11 is 3.08. The lowest BCUT2D eigenvalue weighted by molar-refractivity contribution is -0.137. The van der Waals surface area contributed by atoms with Gasteiger partial charge in [0, 0.05) is 11.0 Å². The van der Waals surface area contributed by atoms with Gasteiger partial charge in [-0.15, -0.1) is 0 Å². The van der Waals surface area contributed by atoms with Crippen LogP contribution in [0.4, 0.5) is 13.2 Å². The highest BCUT2D eigenvalue weighted by Crippen LogP contribution is 2.32. The van der Waals surface area contributed by atoms with Crippen LogP contribution in [0.25, 0.3) is 0 Å². The minimum Gasteiger partial charge on any atom is -0.274 e. The number of benzene rings is 1. The first-order valence-electron chi connectivity index (χ1n) is 5.54. The van der Waals surface area contributed by atoms with Crippen molar-refractivity contribution in [2.24, 2.45) is 0 Å². The van der Waals surface area contributed by atoms with Crippen molar-refractivity contribution in [3.05, 3.63) is 33.8 Å². The van der Waals surface area contributed by atoms with Crippen LogP contribution in [0.15, 0.2) is 22.7 Å². The van der Waals surface area contributed by atoms with Crippen molar-refractivity contribution in [2.45, 2.75) is 19.5 Å². The fourth-order valence-corrected chi connectivity index (χ4v) is 1.89. The second-order valence-electron chi connectivity index (χ2n) is 3.78. The Kier molecular flexibility index (Phi) is 5.37. The molecule has 19 heavy (non-hydrogen) atoms. The standard InChI is InChI=1S/C12H13BrF3NO2/c1-3-6-17(19-2)11(18)9-7-8(12(14,15)16)4-5-10(9)13/h4-5,7H,3,6H2,1-2H3. The van der Waals surface area contributed by atoms with Crippen molar-refractivity contribution in [3.63, 3.8) is 0 Å². The number of halogens is 4. The van der Waals surface area contributed by atoms with Crippen LogP contribution in [0, 0.1) is 0 Å². The van der Waals surface area contributed by atoms with Gasteiger partial charge in [0.15, 0.2) is 0 Å². The van der Waals surface area contributed by atoms with Crippen molar-refractivity contribution < 1.29 is 22.8 Å². The lowest BCUT2D eigenvalue weighted by Crippen LogP contribution is -2.31. The normalized spacial score (nSPS) is 11.5. The van der Waals surface area contributed by atoms with Crippen molar-refractivity contribution in [3.8, 4) is 0 Å². The number of carbonyl (C=O) groups is 1. The first kappa shape index (κ1) is 16.0. The predicted octanol–water partition coefficient (Wildman–Crippen LogP) is 3.88. The molecule has 1 rings (SSSR count). The number of hydroxylamine groups is 2. The fraction of sp³-hybridized carbons (Fsp3) is 0.417. The first-order chi connectivity index (χ1) is 8.81. The van der Waals surface area contributed by atoms with E-state index in [-0.39, 0.29) is 5.56 Å². The molecule has 0 radical (unpaired) electrons. The Morgan fingerprint density at radius 2 is 2.05 bits per heavy atom. The van der Waals surface area contributed by atoms with Crippen molar-refractivity contribution >= 4 is 21.8 Å². The minimum atomic E-state index is -4.49. The smallest absolute Gasteiger partial charge is 0.274 e. The van der Waals surface area contributed by atoms with E-state index in [0.717, 1.165) is 17.2 Å². The van der Waals surface area contributed by atoms with Crippen LogP contribution in [0.5, 0.6) is 0 Å². The zero-order valence-corrected chi connectivity index (χ0v) is 12.0. The molecule has 0 spiro atoms. The molecule has 1 aromatic carbocycles. The Bertz CT molecular complexity index is 463. The summed E-state index contributed by atoms with van der Waals surface area (Å²) in [6, 6.07) is 2.93. The van der Waals surface area contributed by atoms with E-state index in [1.54, 1.807) is 0 Å². The molecule has 3 nitrogen and oxygen atoms in total. The lowest BCUT2D eigenvalue weighted by atomic mass is 10.1. The van der Waals surface area contributed by atoms with Crippen LogP contribution < -0.4 is 0 Å². The van der Waals surface area contributed by atoms with Gasteiger partial charge in [-0.05, 0) is 40.5 Å². The van der Waals surface area contributed by atoms with Crippen LogP contribution in [0.2, 0.25) is 0 Å². The third kappa shape index (κ3) is 3.94. The Balaban J connectivity index is 3.15. The monoisotopic (exact) mass is 339 g/mol. The maximum atomic E-state index is 12.6. The number of nitrogens with zero attached hydrogens (tertiary/aromatic N) is 1. The summed E-state index contributed by atoms with van der Waals surface area (Å²) in [4.78, 5) is 16.9. The van der Waals surface area contributed by atoms with Crippen LogP contribution >= 0.6 is 15.9 Å². The molecule has 0 N–H and O–H groups in total. The van der Waals surface area contributed by atoms with E-state index in [0.29, 0.717) is 17.4 Å². The van der Waals surface area contributed by atoms with Gasteiger partial charge in [-0.25, -0.2) is 5.06 Å². The van der Waals surface area contributed by atoms with Crippen LogP contribution in [-0.4, -0.2) is 24.6 Å². The third-order valence-corrected chi connectivity index (χ3v) is 3.09. The molecule has 0 bridgehead atoms. The topological polar surface area (TPSA) is 29.5 Å². The molecule has 0 saturated carbocycles. The number of hydrogen-bond acceptors (Lipinski definition) is 2. The van der Waals surface area contributed by atoms with E-state index < -0.39 is 17.6 Å². The SMILES string of the molecule is CCCN(OC)C(=O)c1cc(C(F)(F)F)ccc1Br. The third-order valence-electron chi connectivity index (χ3n) is 2.40. The minimum absolute atomic E-state index is 0.0786. The lowest BCUT2D eigenvalue weighted by Gasteiger charge is -2.20. The number of carbonyl (C=O) groups excluding carboxylic acids is 1. The van der Waals surface area contributed by atoms with E-state index in [2.05, 4.69) is 15.9 Å². The Labute approximate surface area is 117 Å². The maximum absolute atomic E-state index is 12.6. The zero-order valence-electron chi connectivity index (χ0n) is 10.4. The highest BCUT2D eigenvalue weighted by molar-refractivity contribution is 9.10. The first-order valence-corrected chi connectivity index (χ1v) is 6.33. The zero-order chi connectivity index (χ0) is 14.6. The van der Waals surface area contributed by atoms with Gasteiger partial charge in [0.25, 0.3) is 5.91 Å². The number of hydrogen-bond donors (Lipinski definition) is 0. The molecule has 0 atom stereocenters. The van der Waals surface area contributed by atoms with Crippen molar-refractivity contribution in [2.75, 3.05) is 13.7 Å². The molecule has 1 amide bonds. The molecule has 0 fully saturated rings. The van der Waals surface area contributed by atoms with Crippen LogP contribution in [0.3, 0.4) is 0 Å². The van der Waals surface area contributed by atoms with Crippen molar-refractivity contribution in [1.29, 1.82) is 0 Å². The maximum Gasteiger partial charge on any atom is 0.416 e. The van der Waals surface area contributed by atoms with E-state index in [9.17, 15) is 18.0 Å². The highest BCUT2D eigenvalue weighted by Gasteiger charge is 2.32. The quantitative estimate of drug-likeness (QED) is 0.779. The molecule has 7 heteroatoms. The summed E-state index contributed by atoms with van der Waals surface area (Å²) in [5, 5.41) is 1.03. The summed E-state index contributed by atoms with van der Waals surface area (Å²) in [6.45, 7) is 2.14. The summed E-state index contributed by atoms with van der Waals surface area (Å²) in [6.07, 6.45) is -3.85. The van der Waals surface area contributed by atoms with Gasteiger partial charge >= 0.3 is 6.18 Å². The largest absolute Gasteiger partial charge is 0.416 e. The second-order valence-corrected chi connectivity index (χ2v) is 4.64. The van der Waals surface area contributed by atoms with Crippen LogP contribution in [0.1, 0.15) is 29.3 Å². The van der Waals surface area contributed by atoms with Gasteiger partial charge in [0.2, 0.25) is 0 Å². The van der Waals surface area contributed by atoms with Gasteiger partial charge < -0.3 is 0 Å². The molecule has 0 aromatic heterocycles. The molecular weight excluding hydrogens is 327 g/mol. The average molecular weight is 340 g/mol. The molecule has 1 aromatic rings. The Hall–Kier alpha value is -1.08. The second kappa shape index (κ2) is 6.38. The molecule has 0 aliphatic heterocycles. The van der Waals surface area contributed by atoms with Gasteiger partial charge in [-0.1, -0.05) is 6.92 Å². The molecule has 0 aliphatic rings. The molecule has 106 valence electrons. The van der Waals surface area contributed by atoms with Gasteiger partial charge in [-0.3, -0.25) is 9.63 Å². The predicted molar refractivity (Wildman–Crippen MR) is 67.5 cm³/mol. The van der Waals surface area contributed by atoms with E-state index in [1.807, 2.05) is 6.92 Å². The highest BCUT2D eigenvalue weighted by atomic mass is 79.9. The van der Waals surface area contributed by atoms with Gasteiger partial charge in [-0.2, -0.15) is 13.2 Å². The molecular formula is C12H13BrF3NO2. The van der Waals surface area contributed by atoms with Gasteiger partial charge in [0.1, 0.15) is 0 Å². The summed E-state index contributed by atoms with van der Waals surface area (Å²) in [7, 11) is 1.30. The van der Waals surface area contributed by atoms with E-state index in [1.165, 1.54) is 13.2 Å². The van der Waals surface area contributed by atoms with E-state index >= 15 is 0 Å². The Morgan fingerprint density at radius 3 is 2.53 bits per heavy atom. The number of rotatable bonds is 4. The van der Waals surface area contributed by atoms with E-state index in [4.69, 9.17) is 4.84 Å². The average Bonchev–Trinajstić information content (AvgIpc) is 2.34. The van der Waals surface area contributed by atoms with Crippen LogP contribution in [-0.2, 0) is 11.0 Å². The molecule has 0 unspecified atom stereocenters. The van der Waals surface area contributed by atoms with Gasteiger partial charge in [0.05, 0.1) is 18.2 Å². The fourth-order valence-electron chi connectivity index (χ4n) is 1.48. The molecule has 0 aliphatic carbocycles. The summed E-state index contributed by atoms with van der Waals surface area (Å²) < 4.78 is 38.2. The molecule has 0 saturated heterocycles. The number of alkyl halides is 3. The summed E-state index contributed by atoms with van der Waals surface area (Å²) in [5.41, 5.74) is -0.947. The Morgan fingerprint density at radius 1 is 1.42 bits per heavy atom. The number of amides is 1. The molecule has 0 heterocycles. The van der Waals surface area contributed by atoms with Crippen molar-refractivity contribution in [1.82, 2.24) is 5.06 Å². The summed E-state index contributed by atoms with van der Waals surface area (Å²) in [5.74, 6) is -0.609.